The van der Waals surface area contributed by atoms with E-state index < -0.39 is 5.60 Å². The molecule has 2 amide bonds. The molecule has 2 N–H and O–H groups in total. The van der Waals surface area contributed by atoms with Gasteiger partial charge in [0.1, 0.15) is 29.4 Å². The van der Waals surface area contributed by atoms with Crippen LogP contribution in [0.3, 0.4) is 0 Å². The van der Waals surface area contributed by atoms with Gasteiger partial charge in [-0.1, -0.05) is 0 Å². The molecule has 10 nitrogen and oxygen atoms in total. The van der Waals surface area contributed by atoms with Gasteiger partial charge in [-0.25, -0.2) is 19.4 Å². The molecule has 0 spiro atoms. The van der Waals surface area contributed by atoms with E-state index in [1.165, 1.54) is 13.3 Å². The summed E-state index contributed by atoms with van der Waals surface area (Å²) in [7, 11) is 3.96. The molecule has 0 atom stereocenters. The van der Waals surface area contributed by atoms with Gasteiger partial charge in [0.15, 0.2) is 0 Å². The lowest BCUT2D eigenvalue weighted by molar-refractivity contribution is -0.844. The van der Waals surface area contributed by atoms with Crippen LogP contribution >= 0.6 is 0 Å². The van der Waals surface area contributed by atoms with Crippen molar-refractivity contribution in [3.05, 3.63) is 30.7 Å². The van der Waals surface area contributed by atoms with Gasteiger partial charge in [0.25, 0.3) is 0 Å². The van der Waals surface area contributed by atoms with Crippen LogP contribution in [0.4, 0.5) is 27.9 Å². The molecule has 0 aromatic carbocycles. The fourth-order valence-electron chi connectivity index (χ4n) is 3.73. The summed E-state index contributed by atoms with van der Waals surface area (Å²) in [5, 5.41) is 5.85. The molecule has 178 valence electrons. The molecule has 1 fully saturated rings. The number of hydrogen-bond donors (Lipinski definition) is 2. The van der Waals surface area contributed by atoms with Crippen LogP contribution in [0.2, 0.25) is 0 Å². The minimum atomic E-state index is -0.490. The van der Waals surface area contributed by atoms with Crippen molar-refractivity contribution >= 4 is 35.1 Å². The number of ether oxygens (including phenoxy) is 1. The third kappa shape index (κ3) is 6.61. The Labute approximate surface area is 195 Å². The Bertz CT molecular complexity index is 980. The van der Waals surface area contributed by atoms with E-state index in [0.29, 0.717) is 29.2 Å². The van der Waals surface area contributed by atoms with E-state index in [2.05, 4.69) is 30.5 Å². The van der Waals surface area contributed by atoms with E-state index in [1.54, 1.807) is 12.3 Å². The highest BCUT2D eigenvalue weighted by Gasteiger charge is 2.41. The van der Waals surface area contributed by atoms with Crippen LogP contribution in [0, 0.1) is 0 Å². The number of quaternary nitrogens is 1. The smallest absolute Gasteiger partial charge is 0.414 e. The van der Waals surface area contributed by atoms with Crippen molar-refractivity contribution in [2.45, 2.75) is 52.2 Å². The summed E-state index contributed by atoms with van der Waals surface area (Å²) in [4.78, 5) is 38.9. The van der Waals surface area contributed by atoms with Crippen molar-refractivity contribution in [1.82, 2.24) is 15.0 Å². The Morgan fingerprint density at radius 1 is 1.12 bits per heavy atom. The third-order valence-electron chi connectivity index (χ3n) is 5.65. The molecule has 33 heavy (non-hydrogen) atoms. The average Bonchev–Trinajstić information content (AvgIpc) is 2.74. The van der Waals surface area contributed by atoms with Gasteiger partial charge in [-0.2, -0.15) is 4.79 Å². The zero-order chi connectivity index (χ0) is 24.2. The van der Waals surface area contributed by atoms with Crippen LogP contribution in [0.25, 0.3) is 0 Å². The zero-order valence-corrected chi connectivity index (χ0v) is 20.3. The maximum absolute atomic E-state index is 12.7. The summed E-state index contributed by atoms with van der Waals surface area (Å²) in [6, 6.07) is 5.69. The number of anilines is 4. The number of hydrogen-bond acceptors (Lipinski definition) is 8. The predicted molar refractivity (Wildman–Crippen MR) is 127 cm³/mol. The summed E-state index contributed by atoms with van der Waals surface area (Å²) in [6.07, 6.45) is 4.70. The number of likely N-dealkylation sites (tertiary alicyclic amines) is 1. The molecule has 3 heterocycles. The van der Waals surface area contributed by atoms with Crippen LogP contribution in [0.5, 0.6) is 0 Å². The largest absolute Gasteiger partial charge is 0.516 e. The standard InChI is InChI=1S/C23H33N7O3/c1-16(31)27-19-8-7-17(14-24-19)28-20-13-21(26-15-25-20)29(5)18-9-11-30(6,12-10-18)22(32)33-23(2,3)4/h7-8,13-15,18H,9-12H2,1-6H3,(H-,24,25,26,27,28,31)/p+1. The second kappa shape index (κ2) is 9.70. The number of carbonyl (C=O) groups is 2. The number of nitrogens with zero attached hydrogens (tertiary/aromatic N) is 5. The lowest BCUT2D eigenvalue weighted by Crippen LogP contribution is -2.58. The van der Waals surface area contributed by atoms with Crippen LogP contribution in [0.15, 0.2) is 30.7 Å². The van der Waals surface area contributed by atoms with Gasteiger partial charge in [-0.05, 0) is 32.9 Å². The first-order chi connectivity index (χ1) is 15.4. The van der Waals surface area contributed by atoms with Crippen LogP contribution < -0.4 is 15.5 Å². The minimum Gasteiger partial charge on any atom is -0.414 e. The number of piperidine rings is 1. The maximum atomic E-state index is 12.7. The Hall–Kier alpha value is -3.27. The summed E-state index contributed by atoms with van der Waals surface area (Å²) >= 11 is 0. The molecule has 0 unspecified atom stereocenters. The highest BCUT2D eigenvalue weighted by atomic mass is 16.6. The maximum Gasteiger partial charge on any atom is 0.516 e. The Morgan fingerprint density at radius 2 is 1.82 bits per heavy atom. The fraction of sp³-hybridized carbons (Fsp3) is 0.522. The van der Waals surface area contributed by atoms with Gasteiger partial charge >= 0.3 is 6.09 Å². The van der Waals surface area contributed by atoms with Crippen molar-refractivity contribution in [2.24, 2.45) is 0 Å². The van der Waals surface area contributed by atoms with Crippen LogP contribution in [-0.2, 0) is 9.53 Å². The van der Waals surface area contributed by atoms with Crippen molar-refractivity contribution in [2.75, 3.05) is 42.7 Å². The molecule has 0 bridgehead atoms. The molecule has 2 aromatic heterocycles. The predicted octanol–water partition coefficient (Wildman–Crippen LogP) is 3.55. The molecular weight excluding hydrogens is 422 g/mol. The molecule has 1 saturated heterocycles. The van der Waals surface area contributed by atoms with Crippen molar-refractivity contribution in [3.63, 3.8) is 0 Å². The van der Waals surface area contributed by atoms with Crippen molar-refractivity contribution < 1.29 is 18.8 Å². The first kappa shape index (κ1) is 24.4. The summed E-state index contributed by atoms with van der Waals surface area (Å²) in [5.74, 6) is 1.77. The summed E-state index contributed by atoms with van der Waals surface area (Å²) < 4.78 is 5.92. The molecule has 0 aliphatic carbocycles. The van der Waals surface area contributed by atoms with Gasteiger partial charge < -0.3 is 20.3 Å². The van der Waals surface area contributed by atoms with Crippen LogP contribution in [0.1, 0.15) is 40.5 Å². The third-order valence-corrected chi connectivity index (χ3v) is 5.65. The number of carbonyl (C=O) groups excluding carboxylic acids is 2. The highest BCUT2D eigenvalue weighted by Crippen LogP contribution is 2.27. The van der Waals surface area contributed by atoms with E-state index >= 15 is 0 Å². The van der Waals surface area contributed by atoms with Gasteiger partial charge in [0.05, 0.1) is 32.0 Å². The van der Waals surface area contributed by atoms with Gasteiger partial charge in [-0.15, -0.1) is 0 Å². The topological polar surface area (TPSA) is 109 Å². The zero-order valence-electron chi connectivity index (χ0n) is 20.3. The average molecular weight is 457 g/mol. The number of nitrogens with one attached hydrogen (secondary N) is 2. The lowest BCUT2D eigenvalue weighted by Gasteiger charge is -2.41. The number of amides is 2. The second-order valence-corrected chi connectivity index (χ2v) is 9.67. The summed E-state index contributed by atoms with van der Waals surface area (Å²) in [6.45, 7) is 8.55. The van der Waals surface area contributed by atoms with E-state index in [9.17, 15) is 9.59 Å². The van der Waals surface area contributed by atoms with E-state index in [4.69, 9.17) is 4.74 Å². The number of rotatable bonds is 5. The Kier molecular flexibility index (Phi) is 7.16. The van der Waals surface area contributed by atoms with Gasteiger partial charge in [-0.3, -0.25) is 4.79 Å². The quantitative estimate of drug-likeness (QED) is 0.658. The minimum absolute atomic E-state index is 0.167. The highest BCUT2D eigenvalue weighted by molar-refractivity contribution is 5.87. The van der Waals surface area contributed by atoms with Crippen molar-refractivity contribution in [3.8, 4) is 0 Å². The van der Waals surface area contributed by atoms with E-state index in [0.717, 1.165) is 24.3 Å². The van der Waals surface area contributed by atoms with Gasteiger partial charge in [0.2, 0.25) is 5.91 Å². The normalized spacial score (nSPS) is 20.6. The van der Waals surface area contributed by atoms with Gasteiger partial charge in [0, 0.05) is 38.9 Å². The molecule has 1 aliphatic rings. The fourth-order valence-corrected chi connectivity index (χ4v) is 3.73. The first-order valence-corrected chi connectivity index (χ1v) is 11.1. The second-order valence-electron chi connectivity index (χ2n) is 9.67. The molecular formula is C23H34N7O3+. The SMILES string of the molecule is CC(=O)Nc1ccc(Nc2cc(N(C)C3CC[N+](C)(C(=O)OC(C)(C)C)CC3)ncn2)cn1. The van der Waals surface area contributed by atoms with E-state index in [1.807, 2.05) is 47.0 Å². The number of pyridine rings is 1. The molecule has 2 aromatic rings. The molecule has 0 radical (unpaired) electrons. The summed E-state index contributed by atoms with van der Waals surface area (Å²) in [5.41, 5.74) is 0.260. The lowest BCUT2D eigenvalue weighted by atomic mass is 10.0. The van der Waals surface area contributed by atoms with E-state index in [-0.39, 0.29) is 18.0 Å². The Balaban J connectivity index is 1.61. The molecule has 0 saturated carbocycles. The molecule has 3 rings (SSSR count). The number of aromatic nitrogens is 3. The monoisotopic (exact) mass is 456 g/mol. The Morgan fingerprint density at radius 3 is 2.39 bits per heavy atom. The van der Waals surface area contributed by atoms with Crippen molar-refractivity contribution in [1.29, 1.82) is 0 Å². The molecule has 1 aliphatic heterocycles. The first-order valence-electron chi connectivity index (χ1n) is 11.1. The van der Waals surface area contributed by atoms with Crippen LogP contribution in [-0.4, -0.2) is 70.3 Å². The molecule has 10 heteroatoms.